The van der Waals surface area contributed by atoms with Gasteiger partial charge in [-0.05, 0) is 43.7 Å². The van der Waals surface area contributed by atoms with Crippen LogP contribution in [0, 0.1) is 11.8 Å². The topological polar surface area (TPSA) is 62.6 Å². The monoisotopic (exact) mass is 276 g/mol. The summed E-state index contributed by atoms with van der Waals surface area (Å²) in [4.78, 5) is 26.0. The molecule has 1 atom stereocenters. The van der Waals surface area contributed by atoms with Crippen LogP contribution in [0.3, 0.4) is 0 Å². The van der Waals surface area contributed by atoms with Gasteiger partial charge in [0.25, 0.3) is 5.91 Å². The summed E-state index contributed by atoms with van der Waals surface area (Å²) in [5.41, 5.74) is 0. The highest BCUT2D eigenvalue weighted by Gasteiger charge is 2.30. The molecule has 3 rings (SSSR count). The maximum atomic E-state index is 12.2. The van der Waals surface area contributed by atoms with Gasteiger partial charge in [-0.15, -0.1) is 0 Å². The maximum Gasteiger partial charge on any atom is 0.289 e. The van der Waals surface area contributed by atoms with Crippen LogP contribution in [0.5, 0.6) is 0 Å². The number of piperidine rings is 1. The molecule has 20 heavy (non-hydrogen) atoms. The molecule has 2 fully saturated rings. The fourth-order valence-electron chi connectivity index (χ4n) is 2.64. The molecule has 1 N–H and O–H groups in total. The molecule has 2 aliphatic rings. The average molecular weight is 276 g/mol. The Morgan fingerprint density at radius 3 is 2.90 bits per heavy atom. The van der Waals surface area contributed by atoms with Gasteiger partial charge < -0.3 is 14.6 Å². The summed E-state index contributed by atoms with van der Waals surface area (Å²) in [6.45, 7) is 1.99. The lowest BCUT2D eigenvalue weighted by atomic mass is 9.97. The van der Waals surface area contributed by atoms with E-state index in [1.165, 1.54) is 19.1 Å². The van der Waals surface area contributed by atoms with Gasteiger partial charge >= 0.3 is 0 Å². The molecule has 108 valence electrons. The fourth-order valence-corrected chi connectivity index (χ4v) is 2.64. The van der Waals surface area contributed by atoms with Gasteiger partial charge in [0.15, 0.2) is 5.76 Å². The minimum atomic E-state index is -0.116. The van der Waals surface area contributed by atoms with E-state index in [9.17, 15) is 9.59 Å². The maximum absolute atomic E-state index is 12.2. The zero-order valence-corrected chi connectivity index (χ0v) is 11.5. The van der Waals surface area contributed by atoms with Crippen molar-refractivity contribution in [3.8, 4) is 0 Å². The molecule has 2 amide bonds. The van der Waals surface area contributed by atoms with Crippen molar-refractivity contribution >= 4 is 11.8 Å². The Morgan fingerprint density at radius 2 is 2.20 bits per heavy atom. The number of likely N-dealkylation sites (tertiary alicyclic amines) is 1. The predicted octanol–water partition coefficient (Wildman–Crippen LogP) is 1.66. The first kappa shape index (κ1) is 13.2. The molecule has 0 aromatic carbocycles. The minimum absolute atomic E-state index is 0.0820. The van der Waals surface area contributed by atoms with Crippen molar-refractivity contribution in [2.24, 2.45) is 11.8 Å². The second-order valence-corrected chi connectivity index (χ2v) is 5.76. The van der Waals surface area contributed by atoms with Crippen LogP contribution < -0.4 is 5.32 Å². The second kappa shape index (κ2) is 5.69. The number of nitrogens with zero attached hydrogens (tertiary/aromatic N) is 1. The second-order valence-electron chi connectivity index (χ2n) is 5.76. The SMILES string of the molecule is O=C(NCC1CC1)[C@@H]1CCCN(C(=O)c2ccco2)C1. The van der Waals surface area contributed by atoms with Crippen LogP contribution in [0.4, 0.5) is 0 Å². The third-order valence-electron chi connectivity index (χ3n) is 4.07. The average Bonchev–Trinajstić information content (AvgIpc) is 3.15. The molecule has 1 saturated heterocycles. The third-order valence-corrected chi connectivity index (χ3v) is 4.07. The number of amides is 2. The summed E-state index contributed by atoms with van der Waals surface area (Å²) in [5, 5.41) is 3.01. The zero-order chi connectivity index (χ0) is 13.9. The molecule has 1 saturated carbocycles. The first-order chi connectivity index (χ1) is 9.74. The number of rotatable bonds is 4. The summed E-state index contributed by atoms with van der Waals surface area (Å²) in [5.74, 6) is 0.928. The standard InChI is InChI=1S/C15H20N2O3/c18-14(16-9-11-5-6-11)12-3-1-7-17(10-12)15(19)13-4-2-8-20-13/h2,4,8,11-12H,1,3,5-7,9-10H2,(H,16,18)/t12-/m1/s1. The number of furan rings is 1. The molecule has 0 radical (unpaired) electrons. The van der Waals surface area contributed by atoms with Crippen LogP contribution in [0.2, 0.25) is 0 Å². The number of nitrogens with one attached hydrogen (secondary N) is 1. The van der Waals surface area contributed by atoms with Gasteiger partial charge in [-0.3, -0.25) is 9.59 Å². The largest absolute Gasteiger partial charge is 0.459 e. The van der Waals surface area contributed by atoms with E-state index in [2.05, 4.69) is 5.32 Å². The van der Waals surface area contributed by atoms with Gasteiger partial charge in [-0.1, -0.05) is 0 Å². The van der Waals surface area contributed by atoms with E-state index < -0.39 is 0 Å². The smallest absolute Gasteiger partial charge is 0.289 e. The lowest BCUT2D eigenvalue weighted by Gasteiger charge is -2.31. The molecule has 1 aliphatic heterocycles. The Morgan fingerprint density at radius 1 is 1.35 bits per heavy atom. The minimum Gasteiger partial charge on any atom is -0.459 e. The van der Waals surface area contributed by atoms with Crippen molar-refractivity contribution in [2.75, 3.05) is 19.6 Å². The molecular formula is C15H20N2O3. The van der Waals surface area contributed by atoms with Crippen molar-refractivity contribution in [1.82, 2.24) is 10.2 Å². The zero-order valence-electron chi connectivity index (χ0n) is 11.5. The van der Waals surface area contributed by atoms with Crippen LogP contribution in [0.1, 0.15) is 36.2 Å². The van der Waals surface area contributed by atoms with Crippen LogP contribution in [-0.2, 0) is 4.79 Å². The molecule has 1 aliphatic carbocycles. The van der Waals surface area contributed by atoms with Crippen molar-refractivity contribution in [2.45, 2.75) is 25.7 Å². The van der Waals surface area contributed by atoms with Crippen molar-refractivity contribution in [3.05, 3.63) is 24.2 Å². The number of carbonyl (C=O) groups excluding carboxylic acids is 2. The highest BCUT2D eigenvalue weighted by atomic mass is 16.3. The summed E-state index contributed by atoms with van der Waals surface area (Å²) >= 11 is 0. The first-order valence-corrected chi connectivity index (χ1v) is 7.34. The Labute approximate surface area is 118 Å². The quantitative estimate of drug-likeness (QED) is 0.909. The number of carbonyl (C=O) groups is 2. The summed E-state index contributed by atoms with van der Waals surface area (Å²) in [6, 6.07) is 3.37. The molecule has 2 heterocycles. The molecule has 0 bridgehead atoms. The van der Waals surface area contributed by atoms with E-state index in [4.69, 9.17) is 4.42 Å². The van der Waals surface area contributed by atoms with E-state index in [0.29, 0.717) is 24.8 Å². The van der Waals surface area contributed by atoms with E-state index in [1.54, 1.807) is 17.0 Å². The lowest BCUT2D eigenvalue weighted by Crippen LogP contribution is -2.45. The van der Waals surface area contributed by atoms with Gasteiger partial charge in [0.1, 0.15) is 0 Å². The molecule has 0 unspecified atom stereocenters. The third kappa shape index (κ3) is 3.03. The molecule has 5 nitrogen and oxygen atoms in total. The molecule has 0 spiro atoms. The first-order valence-electron chi connectivity index (χ1n) is 7.34. The Kier molecular flexibility index (Phi) is 3.76. The number of hydrogen-bond acceptors (Lipinski definition) is 3. The van der Waals surface area contributed by atoms with E-state index in [1.807, 2.05) is 0 Å². The Hall–Kier alpha value is -1.78. The van der Waals surface area contributed by atoms with E-state index in [0.717, 1.165) is 19.4 Å². The van der Waals surface area contributed by atoms with E-state index >= 15 is 0 Å². The normalized spacial score (nSPS) is 22.6. The highest BCUT2D eigenvalue weighted by molar-refractivity contribution is 5.92. The Bertz CT molecular complexity index is 479. The van der Waals surface area contributed by atoms with Gasteiger partial charge in [0, 0.05) is 19.6 Å². The van der Waals surface area contributed by atoms with Gasteiger partial charge in [-0.25, -0.2) is 0 Å². The highest BCUT2D eigenvalue weighted by Crippen LogP contribution is 2.28. The van der Waals surface area contributed by atoms with Crippen LogP contribution in [-0.4, -0.2) is 36.3 Å². The van der Waals surface area contributed by atoms with Crippen LogP contribution in [0.25, 0.3) is 0 Å². The molecule has 1 aromatic rings. The summed E-state index contributed by atoms with van der Waals surface area (Å²) in [7, 11) is 0. The number of hydrogen-bond donors (Lipinski definition) is 1. The lowest BCUT2D eigenvalue weighted by molar-refractivity contribution is -0.126. The predicted molar refractivity (Wildman–Crippen MR) is 73.1 cm³/mol. The summed E-state index contributed by atoms with van der Waals surface area (Å²) < 4.78 is 5.14. The summed E-state index contributed by atoms with van der Waals surface area (Å²) in [6.07, 6.45) is 5.69. The van der Waals surface area contributed by atoms with Crippen LogP contribution >= 0.6 is 0 Å². The molecule has 5 heteroatoms. The fraction of sp³-hybridized carbons (Fsp3) is 0.600. The van der Waals surface area contributed by atoms with E-state index in [-0.39, 0.29) is 17.7 Å². The van der Waals surface area contributed by atoms with Gasteiger partial charge in [-0.2, -0.15) is 0 Å². The molecule has 1 aromatic heterocycles. The van der Waals surface area contributed by atoms with Gasteiger partial charge in [0.05, 0.1) is 12.2 Å². The Balaban J connectivity index is 1.55. The molecular weight excluding hydrogens is 256 g/mol. The van der Waals surface area contributed by atoms with Crippen molar-refractivity contribution in [3.63, 3.8) is 0 Å². The van der Waals surface area contributed by atoms with Crippen molar-refractivity contribution in [1.29, 1.82) is 0 Å². The van der Waals surface area contributed by atoms with Gasteiger partial charge in [0.2, 0.25) is 5.91 Å². The van der Waals surface area contributed by atoms with Crippen molar-refractivity contribution < 1.29 is 14.0 Å². The van der Waals surface area contributed by atoms with Crippen LogP contribution in [0.15, 0.2) is 22.8 Å².